The van der Waals surface area contributed by atoms with Crippen molar-refractivity contribution in [2.75, 3.05) is 13.2 Å². The van der Waals surface area contributed by atoms with Crippen molar-refractivity contribution in [1.82, 2.24) is 4.98 Å². The standard InChI is InChI=1S/C19H27N3O2.2ClH.Fe/c1-18(2,3)14-10-23-16(21-14)12-8-7-9-13(20-12)17-22-15(11-24-17)19(4,5)6;;;/h7-9,14-15H,10-11H2,1-6H3;2*1H;/q;;;+2/p-2. The maximum Gasteiger partial charge on any atom is 2.00 e. The molecule has 0 amide bonds. The molecule has 0 fully saturated rings. The molecule has 0 spiro atoms. The fourth-order valence-corrected chi connectivity index (χ4v) is 2.59. The molecule has 2 atom stereocenters. The van der Waals surface area contributed by atoms with Crippen LogP contribution in [-0.2, 0) is 26.5 Å². The minimum absolute atomic E-state index is 0. The minimum atomic E-state index is 0. The van der Waals surface area contributed by atoms with Crippen molar-refractivity contribution in [3.63, 3.8) is 0 Å². The zero-order valence-electron chi connectivity index (χ0n) is 16.6. The number of hydrogen-bond donors (Lipinski definition) is 0. The van der Waals surface area contributed by atoms with Crippen LogP contribution in [0.1, 0.15) is 52.9 Å². The topological polar surface area (TPSA) is 56.1 Å². The average molecular weight is 456 g/mol. The van der Waals surface area contributed by atoms with Gasteiger partial charge in [-0.3, -0.25) is 0 Å². The Morgan fingerprint density at radius 3 is 1.44 bits per heavy atom. The van der Waals surface area contributed by atoms with Crippen molar-refractivity contribution in [2.24, 2.45) is 20.8 Å². The molecule has 0 saturated carbocycles. The van der Waals surface area contributed by atoms with E-state index in [0.717, 1.165) is 11.4 Å². The van der Waals surface area contributed by atoms with Gasteiger partial charge in [0.05, 0.1) is 12.1 Å². The van der Waals surface area contributed by atoms with E-state index in [1.165, 1.54) is 0 Å². The van der Waals surface area contributed by atoms with Gasteiger partial charge in [-0.1, -0.05) is 47.6 Å². The Bertz CT molecular complexity index is 642. The number of hydrogen-bond acceptors (Lipinski definition) is 5. The molecule has 2 aliphatic rings. The van der Waals surface area contributed by atoms with Crippen LogP contribution < -0.4 is 24.8 Å². The summed E-state index contributed by atoms with van der Waals surface area (Å²) in [5, 5.41) is 0. The first-order valence-electron chi connectivity index (χ1n) is 8.53. The predicted octanol–water partition coefficient (Wildman–Crippen LogP) is -2.53. The Labute approximate surface area is 185 Å². The summed E-state index contributed by atoms with van der Waals surface area (Å²) in [5.74, 6) is 1.23. The van der Waals surface area contributed by atoms with Crippen molar-refractivity contribution < 1.29 is 51.4 Å². The van der Waals surface area contributed by atoms with Gasteiger partial charge in [0.25, 0.3) is 0 Å². The Morgan fingerprint density at radius 2 is 1.15 bits per heavy atom. The molecule has 8 heteroatoms. The van der Waals surface area contributed by atoms with Crippen LogP contribution in [0.3, 0.4) is 0 Å². The minimum Gasteiger partial charge on any atom is -1.00 e. The van der Waals surface area contributed by atoms with Crippen molar-refractivity contribution in [1.29, 1.82) is 0 Å². The molecule has 3 heterocycles. The monoisotopic (exact) mass is 455 g/mol. The van der Waals surface area contributed by atoms with E-state index in [1.54, 1.807) is 0 Å². The van der Waals surface area contributed by atoms with E-state index in [9.17, 15) is 0 Å². The molecule has 27 heavy (non-hydrogen) atoms. The molecule has 1 aromatic rings. The van der Waals surface area contributed by atoms with Crippen molar-refractivity contribution in [2.45, 2.75) is 53.6 Å². The van der Waals surface area contributed by atoms with Gasteiger partial charge < -0.3 is 34.3 Å². The fraction of sp³-hybridized carbons (Fsp3) is 0.632. The zero-order valence-corrected chi connectivity index (χ0v) is 19.2. The number of aliphatic imine (C=N–C) groups is 2. The van der Waals surface area contributed by atoms with Crippen LogP contribution in [0.15, 0.2) is 28.2 Å². The molecule has 0 aliphatic carbocycles. The largest absolute Gasteiger partial charge is 2.00 e. The maximum absolute atomic E-state index is 5.78. The average Bonchev–Trinajstić information content (AvgIpc) is 3.16. The molecular weight excluding hydrogens is 429 g/mol. The molecule has 5 nitrogen and oxygen atoms in total. The third-order valence-electron chi connectivity index (χ3n) is 4.49. The van der Waals surface area contributed by atoms with Crippen LogP contribution in [0.4, 0.5) is 0 Å². The van der Waals surface area contributed by atoms with Gasteiger partial charge in [-0.05, 0) is 23.0 Å². The van der Waals surface area contributed by atoms with Crippen LogP contribution in [-0.4, -0.2) is 42.1 Å². The van der Waals surface area contributed by atoms with Crippen LogP contribution >= 0.6 is 0 Å². The van der Waals surface area contributed by atoms with E-state index in [4.69, 9.17) is 19.5 Å². The summed E-state index contributed by atoms with van der Waals surface area (Å²) in [4.78, 5) is 14.1. The summed E-state index contributed by atoms with van der Waals surface area (Å²) in [6, 6.07) is 6.10. The number of rotatable bonds is 2. The second kappa shape index (κ2) is 9.60. The summed E-state index contributed by atoms with van der Waals surface area (Å²) < 4.78 is 11.6. The summed E-state index contributed by atoms with van der Waals surface area (Å²) in [6.45, 7) is 14.2. The van der Waals surface area contributed by atoms with E-state index >= 15 is 0 Å². The fourth-order valence-electron chi connectivity index (χ4n) is 2.59. The molecule has 0 radical (unpaired) electrons. The molecule has 3 rings (SSSR count). The third-order valence-corrected chi connectivity index (χ3v) is 4.49. The Kier molecular flexibility index (Phi) is 9.31. The Balaban J connectivity index is 0.00000225. The van der Waals surface area contributed by atoms with E-state index < -0.39 is 0 Å². The third kappa shape index (κ3) is 6.08. The molecule has 0 bridgehead atoms. The first kappa shape index (κ1) is 26.2. The first-order valence-corrected chi connectivity index (χ1v) is 8.53. The van der Waals surface area contributed by atoms with Gasteiger partial charge in [-0.25, -0.2) is 15.0 Å². The second-order valence-electron chi connectivity index (χ2n) is 8.66. The van der Waals surface area contributed by atoms with Crippen LogP contribution in [0.2, 0.25) is 0 Å². The number of halogens is 2. The molecule has 1 aromatic heterocycles. The van der Waals surface area contributed by atoms with Gasteiger partial charge in [0.2, 0.25) is 11.8 Å². The Hall–Kier alpha value is -0.811. The summed E-state index contributed by atoms with van der Waals surface area (Å²) in [5.41, 5.74) is 1.64. The molecule has 0 N–H and O–H groups in total. The number of aromatic nitrogens is 1. The van der Waals surface area contributed by atoms with Gasteiger partial charge in [-0.15, -0.1) is 0 Å². The van der Waals surface area contributed by atoms with Gasteiger partial charge >= 0.3 is 17.1 Å². The molecule has 2 aliphatic heterocycles. The molecule has 0 saturated heterocycles. The summed E-state index contributed by atoms with van der Waals surface area (Å²) in [7, 11) is 0. The summed E-state index contributed by atoms with van der Waals surface area (Å²) >= 11 is 0. The quantitative estimate of drug-likeness (QED) is 0.462. The number of pyridine rings is 1. The molecular formula is C19H27Cl2FeN3O2. The second-order valence-corrected chi connectivity index (χ2v) is 8.66. The van der Waals surface area contributed by atoms with Crippen molar-refractivity contribution in [3.8, 4) is 0 Å². The first-order chi connectivity index (χ1) is 11.1. The molecule has 2 unspecified atom stereocenters. The summed E-state index contributed by atoms with van der Waals surface area (Å²) in [6.07, 6.45) is 0. The Morgan fingerprint density at radius 1 is 0.778 bits per heavy atom. The van der Waals surface area contributed by atoms with E-state index in [2.05, 4.69) is 46.5 Å². The number of ether oxygens (including phenoxy) is 2. The van der Waals surface area contributed by atoms with Crippen LogP contribution in [0.25, 0.3) is 0 Å². The van der Waals surface area contributed by atoms with Crippen LogP contribution in [0.5, 0.6) is 0 Å². The van der Waals surface area contributed by atoms with Crippen molar-refractivity contribution >= 4 is 11.8 Å². The predicted molar refractivity (Wildman–Crippen MR) is 95.7 cm³/mol. The molecule has 152 valence electrons. The van der Waals surface area contributed by atoms with E-state index in [0.29, 0.717) is 25.0 Å². The smallest absolute Gasteiger partial charge is 1.00 e. The van der Waals surface area contributed by atoms with Gasteiger partial charge in [-0.2, -0.15) is 0 Å². The zero-order chi connectivity index (χ0) is 17.5. The van der Waals surface area contributed by atoms with Gasteiger partial charge in [0.15, 0.2) is 0 Å². The molecule has 0 aromatic carbocycles. The van der Waals surface area contributed by atoms with Crippen molar-refractivity contribution in [3.05, 3.63) is 29.6 Å². The SMILES string of the molecule is CC(C)(C)C1COC(c2cccc(C3=NC(C(C)(C)C)CO3)n2)=N1.[Cl-].[Cl-].[Fe+2]. The van der Waals surface area contributed by atoms with Crippen LogP contribution in [0, 0.1) is 10.8 Å². The van der Waals surface area contributed by atoms with Gasteiger partial charge in [0, 0.05) is 0 Å². The van der Waals surface area contributed by atoms with E-state index in [1.807, 2.05) is 18.2 Å². The van der Waals surface area contributed by atoms with Gasteiger partial charge in [0.1, 0.15) is 24.6 Å². The van der Waals surface area contributed by atoms with E-state index in [-0.39, 0.29) is 64.8 Å². The normalized spacial score (nSPS) is 21.6. The maximum atomic E-state index is 5.78. The number of nitrogens with zero attached hydrogens (tertiary/aromatic N) is 3.